The van der Waals surface area contributed by atoms with Crippen molar-refractivity contribution in [3.05, 3.63) is 29.8 Å². The molecule has 1 unspecified atom stereocenters. The van der Waals surface area contributed by atoms with Crippen LogP contribution in [-0.2, 0) is 14.8 Å². The molecular formula is C13H20N2O3S. The van der Waals surface area contributed by atoms with Crippen LogP contribution in [0.1, 0.15) is 39.3 Å². The zero-order valence-corrected chi connectivity index (χ0v) is 12.4. The Morgan fingerprint density at radius 3 is 2.37 bits per heavy atom. The predicted octanol–water partition coefficient (Wildman–Crippen LogP) is 1.56. The third-order valence-electron chi connectivity index (χ3n) is 2.72. The Labute approximate surface area is 114 Å². The average Bonchev–Trinajstić information content (AvgIpc) is 2.26. The highest BCUT2D eigenvalue weighted by Gasteiger charge is 2.23. The second kappa shape index (κ2) is 5.30. The summed E-state index contributed by atoms with van der Waals surface area (Å²) in [5, 5.41) is 7.92. The Morgan fingerprint density at radius 1 is 1.32 bits per heavy atom. The summed E-state index contributed by atoms with van der Waals surface area (Å²) >= 11 is 0. The maximum atomic E-state index is 11.9. The molecule has 0 aliphatic carbocycles. The lowest BCUT2D eigenvalue weighted by Gasteiger charge is -2.22. The number of nitrogens with two attached hydrogens (primary N) is 1. The van der Waals surface area contributed by atoms with Crippen molar-refractivity contribution < 1.29 is 13.2 Å². The largest absolute Gasteiger partial charge is 0.349 e. The van der Waals surface area contributed by atoms with Gasteiger partial charge in [-0.15, -0.1) is 0 Å². The normalized spacial score (nSPS) is 13.9. The van der Waals surface area contributed by atoms with Gasteiger partial charge in [-0.1, -0.05) is 32.9 Å². The monoisotopic (exact) mass is 284 g/mol. The molecule has 0 saturated carbocycles. The van der Waals surface area contributed by atoms with Gasteiger partial charge in [-0.25, -0.2) is 13.6 Å². The van der Waals surface area contributed by atoms with Crippen LogP contribution < -0.4 is 10.5 Å². The smallest absolute Gasteiger partial charge is 0.238 e. The standard InChI is InChI=1S/C13H20N2O3S/c1-9(15-12(16)13(2,3)4)10-6-5-7-11(8-10)19(14,17)18/h5-9H,1-4H3,(H,15,16)(H2,14,17,18). The molecule has 0 saturated heterocycles. The van der Waals surface area contributed by atoms with E-state index in [1.54, 1.807) is 19.1 Å². The van der Waals surface area contributed by atoms with Crippen LogP contribution in [-0.4, -0.2) is 14.3 Å². The SMILES string of the molecule is CC(NC(=O)C(C)(C)C)c1cccc(S(N)(=O)=O)c1. The number of carbonyl (C=O) groups is 1. The van der Waals surface area contributed by atoms with Crippen LogP contribution in [0.5, 0.6) is 0 Å². The van der Waals surface area contributed by atoms with E-state index in [2.05, 4.69) is 5.32 Å². The third-order valence-corrected chi connectivity index (χ3v) is 3.63. The number of benzene rings is 1. The molecule has 106 valence electrons. The summed E-state index contributed by atoms with van der Waals surface area (Å²) in [5.41, 5.74) is 0.204. The minimum absolute atomic E-state index is 0.0434. The fourth-order valence-corrected chi connectivity index (χ4v) is 2.03. The Bertz CT molecular complexity index is 574. The summed E-state index contributed by atoms with van der Waals surface area (Å²) in [5.74, 6) is -0.0963. The Kier molecular flexibility index (Phi) is 4.37. The molecule has 0 aliphatic heterocycles. The number of nitrogens with one attached hydrogen (secondary N) is 1. The van der Waals surface area contributed by atoms with Gasteiger partial charge in [0.25, 0.3) is 0 Å². The van der Waals surface area contributed by atoms with Crippen LogP contribution in [0, 0.1) is 5.41 Å². The molecule has 0 aromatic heterocycles. The van der Waals surface area contributed by atoms with Crippen LogP contribution >= 0.6 is 0 Å². The summed E-state index contributed by atoms with van der Waals surface area (Å²) in [6, 6.07) is 5.98. The summed E-state index contributed by atoms with van der Waals surface area (Å²) in [4.78, 5) is 11.9. The minimum atomic E-state index is -3.73. The van der Waals surface area contributed by atoms with Crippen LogP contribution in [0.15, 0.2) is 29.2 Å². The molecule has 0 heterocycles. The zero-order chi connectivity index (χ0) is 14.8. The molecule has 0 radical (unpaired) electrons. The second-order valence-corrected chi connectivity index (χ2v) is 7.12. The first kappa shape index (κ1) is 15.7. The fourth-order valence-electron chi connectivity index (χ4n) is 1.46. The van der Waals surface area contributed by atoms with E-state index in [9.17, 15) is 13.2 Å². The molecule has 1 atom stereocenters. The predicted molar refractivity (Wildman–Crippen MR) is 73.8 cm³/mol. The van der Waals surface area contributed by atoms with Crippen molar-refractivity contribution in [1.29, 1.82) is 0 Å². The number of hydrogen-bond acceptors (Lipinski definition) is 3. The molecule has 0 fully saturated rings. The Balaban J connectivity index is 2.96. The van der Waals surface area contributed by atoms with Gasteiger partial charge >= 0.3 is 0 Å². The van der Waals surface area contributed by atoms with E-state index >= 15 is 0 Å². The van der Waals surface area contributed by atoms with Gasteiger partial charge in [0, 0.05) is 5.41 Å². The minimum Gasteiger partial charge on any atom is -0.349 e. The van der Waals surface area contributed by atoms with Gasteiger partial charge in [-0.3, -0.25) is 4.79 Å². The van der Waals surface area contributed by atoms with Crippen molar-refractivity contribution >= 4 is 15.9 Å². The number of sulfonamides is 1. The van der Waals surface area contributed by atoms with Crippen LogP contribution in [0.2, 0.25) is 0 Å². The number of rotatable bonds is 3. The lowest BCUT2D eigenvalue weighted by Crippen LogP contribution is -2.36. The van der Waals surface area contributed by atoms with Gasteiger partial charge in [0.15, 0.2) is 0 Å². The van der Waals surface area contributed by atoms with Gasteiger partial charge in [0.05, 0.1) is 10.9 Å². The van der Waals surface area contributed by atoms with E-state index in [1.165, 1.54) is 12.1 Å². The average molecular weight is 284 g/mol. The van der Waals surface area contributed by atoms with Crippen molar-refractivity contribution in [2.45, 2.75) is 38.6 Å². The molecule has 1 aromatic rings. The summed E-state index contributed by atoms with van der Waals surface area (Å²) in [7, 11) is -3.73. The Hall–Kier alpha value is -1.40. The molecule has 19 heavy (non-hydrogen) atoms. The van der Waals surface area contributed by atoms with Crippen molar-refractivity contribution in [3.8, 4) is 0 Å². The first-order chi connectivity index (χ1) is 8.51. The number of primary sulfonamides is 1. The second-order valence-electron chi connectivity index (χ2n) is 5.56. The van der Waals surface area contributed by atoms with Gasteiger partial charge in [0.2, 0.25) is 15.9 Å². The van der Waals surface area contributed by atoms with E-state index < -0.39 is 15.4 Å². The van der Waals surface area contributed by atoms with E-state index in [0.717, 1.165) is 0 Å². The molecule has 5 nitrogen and oxygen atoms in total. The molecule has 6 heteroatoms. The number of amides is 1. The molecule has 1 aromatic carbocycles. The first-order valence-electron chi connectivity index (χ1n) is 5.95. The lowest BCUT2D eigenvalue weighted by atomic mass is 9.95. The highest BCUT2D eigenvalue weighted by atomic mass is 32.2. The zero-order valence-electron chi connectivity index (χ0n) is 11.6. The van der Waals surface area contributed by atoms with Crippen molar-refractivity contribution in [2.75, 3.05) is 0 Å². The van der Waals surface area contributed by atoms with Gasteiger partial charge < -0.3 is 5.32 Å². The number of carbonyl (C=O) groups excluding carboxylic acids is 1. The highest BCUT2D eigenvalue weighted by Crippen LogP contribution is 2.19. The van der Waals surface area contributed by atoms with Crippen LogP contribution in [0.4, 0.5) is 0 Å². The summed E-state index contributed by atoms with van der Waals surface area (Å²) in [6.45, 7) is 7.24. The van der Waals surface area contributed by atoms with Crippen LogP contribution in [0.3, 0.4) is 0 Å². The van der Waals surface area contributed by atoms with E-state index in [-0.39, 0.29) is 16.8 Å². The maximum absolute atomic E-state index is 11.9. The molecule has 3 N–H and O–H groups in total. The lowest BCUT2D eigenvalue weighted by molar-refractivity contribution is -0.129. The summed E-state index contributed by atoms with van der Waals surface area (Å²) in [6.07, 6.45) is 0. The maximum Gasteiger partial charge on any atom is 0.238 e. The topological polar surface area (TPSA) is 89.3 Å². The highest BCUT2D eigenvalue weighted by molar-refractivity contribution is 7.89. The van der Waals surface area contributed by atoms with Gasteiger partial charge in [-0.2, -0.15) is 0 Å². The van der Waals surface area contributed by atoms with E-state index in [4.69, 9.17) is 5.14 Å². The number of hydrogen-bond donors (Lipinski definition) is 2. The Morgan fingerprint density at radius 2 is 1.89 bits per heavy atom. The van der Waals surface area contributed by atoms with Crippen molar-refractivity contribution in [2.24, 2.45) is 10.6 Å². The van der Waals surface area contributed by atoms with Crippen LogP contribution in [0.25, 0.3) is 0 Å². The molecule has 1 amide bonds. The van der Waals surface area contributed by atoms with Gasteiger partial charge in [0.1, 0.15) is 0 Å². The van der Waals surface area contributed by atoms with Gasteiger partial charge in [-0.05, 0) is 24.6 Å². The quantitative estimate of drug-likeness (QED) is 0.882. The molecule has 0 spiro atoms. The molecular weight excluding hydrogens is 264 g/mol. The molecule has 0 bridgehead atoms. The fraction of sp³-hybridized carbons (Fsp3) is 0.462. The molecule has 1 rings (SSSR count). The van der Waals surface area contributed by atoms with Crippen molar-refractivity contribution in [3.63, 3.8) is 0 Å². The summed E-state index contributed by atoms with van der Waals surface area (Å²) < 4.78 is 22.6. The molecule has 0 aliphatic rings. The van der Waals surface area contributed by atoms with E-state index in [1.807, 2.05) is 20.8 Å². The third kappa shape index (κ3) is 4.33. The first-order valence-corrected chi connectivity index (χ1v) is 7.50. The van der Waals surface area contributed by atoms with E-state index in [0.29, 0.717) is 5.56 Å². The van der Waals surface area contributed by atoms with Crippen molar-refractivity contribution in [1.82, 2.24) is 5.32 Å².